The van der Waals surface area contributed by atoms with E-state index in [0.717, 1.165) is 0 Å². The van der Waals surface area contributed by atoms with Gasteiger partial charge in [0.1, 0.15) is 11.6 Å². The summed E-state index contributed by atoms with van der Waals surface area (Å²) in [5.41, 5.74) is -0.510. The Morgan fingerprint density at radius 2 is 1.74 bits per heavy atom. The minimum Gasteiger partial charge on any atom is -0.468 e. The van der Waals surface area contributed by atoms with Crippen LogP contribution in [0.15, 0.2) is 0 Å². The second-order valence-electron chi connectivity index (χ2n) is 5.63. The Labute approximate surface area is 115 Å². The molecule has 2 N–H and O–H groups in total. The molecule has 0 aromatic rings. The molecule has 0 radical (unpaired) electrons. The molecule has 0 aliphatic heterocycles. The van der Waals surface area contributed by atoms with Gasteiger partial charge in [-0.1, -0.05) is 13.8 Å². The molecule has 0 heterocycles. The number of amides is 1. The molecule has 0 aliphatic rings. The SMILES string of the molecule is COC(=O)C(NCCNC(=O)OC(C)(C)C)C(C)C. The van der Waals surface area contributed by atoms with Crippen molar-refractivity contribution in [2.45, 2.75) is 46.3 Å². The normalized spacial score (nSPS) is 13.0. The molecule has 0 fully saturated rings. The van der Waals surface area contributed by atoms with E-state index in [1.807, 2.05) is 13.8 Å². The van der Waals surface area contributed by atoms with Crippen LogP contribution in [0, 0.1) is 5.92 Å². The zero-order valence-electron chi connectivity index (χ0n) is 12.7. The lowest BCUT2D eigenvalue weighted by Gasteiger charge is -2.21. The molecule has 112 valence electrons. The quantitative estimate of drug-likeness (QED) is 0.564. The van der Waals surface area contributed by atoms with E-state index in [0.29, 0.717) is 13.1 Å². The van der Waals surface area contributed by atoms with Crippen LogP contribution in [0.5, 0.6) is 0 Å². The molecule has 0 bridgehead atoms. The number of carbonyl (C=O) groups is 2. The largest absolute Gasteiger partial charge is 0.468 e. The minimum absolute atomic E-state index is 0.119. The maximum Gasteiger partial charge on any atom is 0.407 e. The molecule has 6 heteroatoms. The molecule has 0 aliphatic carbocycles. The fourth-order valence-electron chi connectivity index (χ4n) is 1.42. The first kappa shape index (κ1) is 17.7. The summed E-state index contributed by atoms with van der Waals surface area (Å²) in [4.78, 5) is 22.8. The summed E-state index contributed by atoms with van der Waals surface area (Å²) < 4.78 is 9.80. The van der Waals surface area contributed by atoms with Crippen molar-refractivity contribution in [3.8, 4) is 0 Å². The number of nitrogens with one attached hydrogen (secondary N) is 2. The first-order chi connectivity index (χ1) is 8.67. The molecular formula is C13H26N2O4. The van der Waals surface area contributed by atoms with E-state index in [-0.39, 0.29) is 17.9 Å². The molecule has 0 aromatic heterocycles. The maximum absolute atomic E-state index is 11.5. The summed E-state index contributed by atoms with van der Waals surface area (Å²) in [5, 5.41) is 5.66. The second-order valence-corrected chi connectivity index (χ2v) is 5.63. The lowest BCUT2D eigenvalue weighted by atomic mass is 10.1. The van der Waals surface area contributed by atoms with Gasteiger partial charge >= 0.3 is 12.1 Å². The summed E-state index contributed by atoms with van der Waals surface area (Å²) in [7, 11) is 1.36. The average Bonchev–Trinajstić information content (AvgIpc) is 2.25. The van der Waals surface area contributed by atoms with Crippen molar-refractivity contribution >= 4 is 12.1 Å². The topological polar surface area (TPSA) is 76.7 Å². The van der Waals surface area contributed by atoms with E-state index in [2.05, 4.69) is 10.6 Å². The molecule has 0 rings (SSSR count). The van der Waals surface area contributed by atoms with E-state index >= 15 is 0 Å². The van der Waals surface area contributed by atoms with Crippen LogP contribution in [0.2, 0.25) is 0 Å². The standard InChI is InChI=1S/C13H26N2O4/c1-9(2)10(11(16)18-6)14-7-8-15-12(17)19-13(3,4)5/h9-10,14H,7-8H2,1-6H3,(H,15,17). The Kier molecular flexibility index (Phi) is 7.44. The Morgan fingerprint density at radius 1 is 1.16 bits per heavy atom. The van der Waals surface area contributed by atoms with Gasteiger partial charge in [0.15, 0.2) is 0 Å². The Bertz CT molecular complexity index is 298. The number of hydrogen-bond acceptors (Lipinski definition) is 5. The van der Waals surface area contributed by atoms with Crippen LogP contribution >= 0.6 is 0 Å². The fraction of sp³-hybridized carbons (Fsp3) is 0.846. The highest BCUT2D eigenvalue weighted by molar-refractivity contribution is 5.75. The van der Waals surface area contributed by atoms with Crippen LogP contribution < -0.4 is 10.6 Å². The Balaban J connectivity index is 3.95. The fourth-order valence-corrected chi connectivity index (χ4v) is 1.42. The van der Waals surface area contributed by atoms with Crippen LogP contribution in [0.3, 0.4) is 0 Å². The molecule has 0 aromatic carbocycles. The lowest BCUT2D eigenvalue weighted by molar-refractivity contribution is -0.144. The van der Waals surface area contributed by atoms with Crippen LogP contribution in [-0.4, -0.2) is 43.9 Å². The highest BCUT2D eigenvalue weighted by Gasteiger charge is 2.22. The van der Waals surface area contributed by atoms with Crippen molar-refractivity contribution in [3.05, 3.63) is 0 Å². The van der Waals surface area contributed by atoms with Crippen LogP contribution in [0.1, 0.15) is 34.6 Å². The van der Waals surface area contributed by atoms with Gasteiger partial charge in [-0.15, -0.1) is 0 Å². The number of esters is 1. The molecule has 0 saturated carbocycles. The van der Waals surface area contributed by atoms with E-state index in [4.69, 9.17) is 9.47 Å². The smallest absolute Gasteiger partial charge is 0.407 e. The summed E-state index contributed by atoms with van der Waals surface area (Å²) in [5.74, 6) is -0.179. The molecule has 1 amide bonds. The second kappa shape index (κ2) is 7.99. The molecule has 19 heavy (non-hydrogen) atoms. The highest BCUT2D eigenvalue weighted by Crippen LogP contribution is 2.06. The molecule has 0 saturated heterocycles. The summed E-state index contributed by atoms with van der Waals surface area (Å²) in [6, 6.07) is -0.370. The molecule has 6 nitrogen and oxygen atoms in total. The third kappa shape index (κ3) is 8.42. The summed E-state index contributed by atoms with van der Waals surface area (Å²) in [6.45, 7) is 10.1. The monoisotopic (exact) mass is 274 g/mol. The highest BCUT2D eigenvalue weighted by atomic mass is 16.6. The third-order valence-corrected chi connectivity index (χ3v) is 2.28. The molecule has 0 spiro atoms. The van der Waals surface area contributed by atoms with E-state index in [9.17, 15) is 9.59 Å². The predicted octanol–water partition coefficient (Wildman–Crippen LogP) is 1.30. The minimum atomic E-state index is -0.510. The van der Waals surface area contributed by atoms with Gasteiger partial charge in [-0.2, -0.15) is 0 Å². The van der Waals surface area contributed by atoms with Crippen molar-refractivity contribution in [3.63, 3.8) is 0 Å². The predicted molar refractivity (Wildman–Crippen MR) is 72.9 cm³/mol. The van der Waals surface area contributed by atoms with Gasteiger partial charge in [0.2, 0.25) is 0 Å². The van der Waals surface area contributed by atoms with Crippen molar-refractivity contribution in [1.29, 1.82) is 0 Å². The molecule has 1 atom stereocenters. The molecular weight excluding hydrogens is 248 g/mol. The van der Waals surface area contributed by atoms with Crippen LogP contribution in [0.4, 0.5) is 4.79 Å². The van der Waals surface area contributed by atoms with Crippen molar-refractivity contribution in [2.24, 2.45) is 5.92 Å². The first-order valence-electron chi connectivity index (χ1n) is 6.45. The zero-order chi connectivity index (χ0) is 15.1. The third-order valence-electron chi connectivity index (χ3n) is 2.28. The van der Waals surface area contributed by atoms with E-state index in [1.54, 1.807) is 20.8 Å². The lowest BCUT2D eigenvalue weighted by Crippen LogP contribution is -2.45. The van der Waals surface area contributed by atoms with Crippen molar-refractivity contribution < 1.29 is 19.1 Å². The summed E-state index contributed by atoms with van der Waals surface area (Å²) in [6.07, 6.45) is -0.464. The average molecular weight is 274 g/mol. The van der Waals surface area contributed by atoms with Crippen LogP contribution in [0.25, 0.3) is 0 Å². The zero-order valence-corrected chi connectivity index (χ0v) is 12.7. The first-order valence-corrected chi connectivity index (χ1v) is 6.45. The molecule has 1 unspecified atom stereocenters. The number of hydrogen-bond donors (Lipinski definition) is 2. The van der Waals surface area contributed by atoms with E-state index < -0.39 is 11.7 Å². The Morgan fingerprint density at radius 3 is 2.16 bits per heavy atom. The number of carbonyl (C=O) groups excluding carboxylic acids is 2. The Hall–Kier alpha value is -1.30. The van der Waals surface area contributed by atoms with Gasteiger partial charge in [-0.25, -0.2) is 4.79 Å². The number of ether oxygens (including phenoxy) is 2. The number of rotatable bonds is 6. The van der Waals surface area contributed by atoms with Crippen molar-refractivity contribution in [1.82, 2.24) is 10.6 Å². The van der Waals surface area contributed by atoms with E-state index in [1.165, 1.54) is 7.11 Å². The summed E-state index contributed by atoms with van der Waals surface area (Å²) >= 11 is 0. The van der Waals surface area contributed by atoms with Gasteiger partial charge in [-0.3, -0.25) is 4.79 Å². The van der Waals surface area contributed by atoms with Crippen LogP contribution in [-0.2, 0) is 14.3 Å². The number of methoxy groups -OCH3 is 1. The number of alkyl carbamates (subject to hydrolysis) is 1. The van der Waals surface area contributed by atoms with Gasteiger partial charge in [0.05, 0.1) is 7.11 Å². The van der Waals surface area contributed by atoms with Gasteiger partial charge in [-0.05, 0) is 26.7 Å². The van der Waals surface area contributed by atoms with Gasteiger partial charge < -0.3 is 20.1 Å². The maximum atomic E-state index is 11.5. The van der Waals surface area contributed by atoms with Gasteiger partial charge in [0, 0.05) is 13.1 Å². The van der Waals surface area contributed by atoms with Gasteiger partial charge in [0.25, 0.3) is 0 Å². The van der Waals surface area contributed by atoms with Crippen molar-refractivity contribution in [2.75, 3.05) is 20.2 Å².